The minimum Gasteiger partial charge on any atom is -0.368 e. The van der Waals surface area contributed by atoms with Gasteiger partial charge in [0.05, 0.1) is 16.7 Å². The Balaban J connectivity index is 1.93. The zero-order chi connectivity index (χ0) is 23.5. The van der Waals surface area contributed by atoms with Crippen LogP contribution in [0.15, 0.2) is 54.9 Å². The van der Waals surface area contributed by atoms with Crippen molar-refractivity contribution in [3.8, 4) is 11.8 Å². The molecule has 1 amide bonds. The molecule has 0 saturated heterocycles. The zero-order valence-corrected chi connectivity index (χ0v) is 15.8. The van der Waals surface area contributed by atoms with E-state index in [4.69, 9.17) is 5.73 Å². The van der Waals surface area contributed by atoms with E-state index in [0.29, 0.717) is 12.1 Å². The number of alkyl halides is 6. The third-order valence-electron chi connectivity index (χ3n) is 3.99. The molecule has 0 aliphatic heterocycles. The number of carbonyl (C=O) groups is 1. The van der Waals surface area contributed by atoms with E-state index in [1.165, 1.54) is 12.4 Å². The molecule has 0 spiro atoms. The Labute approximate surface area is 177 Å². The number of hydrogen-bond acceptors (Lipinski definition) is 4. The minimum absolute atomic E-state index is 0.00536. The summed E-state index contributed by atoms with van der Waals surface area (Å²) < 4.78 is 78.4. The van der Waals surface area contributed by atoms with E-state index in [0.717, 1.165) is 30.3 Å². The van der Waals surface area contributed by atoms with Crippen LogP contribution in [0.5, 0.6) is 0 Å². The van der Waals surface area contributed by atoms with Crippen LogP contribution in [-0.2, 0) is 12.4 Å². The van der Waals surface area contributed by atoms with Gasteiger partial charge in [-0.2, -0.15) is 26.3 Å². The van der Waals surface area contributed by atoms with Crippen molar-refractivity contribution in [1.29, 1.82) is 0 Å². The van der Waals surface area contributed by atoms with Crippen LogP contribution < -0.4 is 11.1 Å². The molecule has 0 aliphatic carbocycles. The number of amides is 1. The highest BCUT2D eigenvalue weighted by atomic mass is 19.4. The van der Waals surface area contributed by atoms with Gasteiger partial charge in [-0.3, -0.25) is 4.79 Å². The van der Waals surface area contributed by atoms with Gasteiger partial charge < -0.3 is 11.1 Å². The third-order valence-corrected chi connectivity index (χ3v) is 3.99. The van der Waals surface area contributed by atoms with Gasteiger partial charge in [-0.1, -0.05) is 17.9 Å². The molecule has 0 aliphatic rings. The molecule has 0 bridgehead atoms. The average molecular weight is 450 g/mol. The standard InChI is InChI=1S/C21H12F6N4O/c22-20(23,24)15-3-1-2-14(8-15)18(32)31-17-7-12(6-16(9-17)21(25,26)27)4-5-13-10-29-19(28)30-11-13/h1-3,6-11H,(H,31,32)(H2,28,29,30). The molecule has 5 nitrogen and oxygen atoms in total. The lowest BCUT2D eigenvalue weighted by atomic mass is 10.1. The second-order valence-corrected chi connectivity index (χ2v) is 6.41. The van der Waals surface area contributed by atoms with Gasteiger partial charge in [0.15, 0.2) is 0 Å². The molecule has 3 N–H and O–H groups in total. The number of nitrogens with two attached hydrogens (primary N) is 1. The van der Waals surface area contributed by atoms with E-state index in [-0.39, 0.29) is 28.3 Å². The summed E-state index contributed by atoms with van der Waals surface area (Å²) in [7, 11) is 0. The molecule has 1 aromatic heterocycles. The Bertz CT molecular complexity index is 1210. The number of hydrogen-bond donors (Lipinski definition) is 2. The average Bonchev–Trinajstić information content (AvgIpc) is 2.72. The summed E-state index contributed by atoms with van der Waals surface area (Å²) >= 11 is 0. The molecular formula is C21H12F6N4O. The smallest absolute Gasteiger partial charge is 0.368 e. The number of benzene rings is 2. The van der Waals surface area contributed by atoms with Crippen molar-refractivity contribution in [1.82, 2.24) is 9.97 Å². The largest absolute Gasteiger partial charge is 0.416 e. The lowest BCUT2D eigenvalue weighted by Crippen LogP contribution is -2.15. The Morgan fingerprint density at radius 3 is 2.09 bits per heavy atom. The fourth-order valence-corrected chi connectivity index (χ4v) is 2.52. The Kier molecular flexibility index (Phi) is 6.06. The van der Waals surface area contributed by atoms with Gasteiger partial charge >= 0.3 is 12.4 Å². The van der Waals surface area contributed by atoms with Crippen molar-refractivity contribution in [3.63, 3.8) is 0 Å². The van der Waals surface area contributed by atoms with E-state index >= 15 is 0 Å². The zero-order valence-electron chi connectivity index (χ0n) is 15.8. The second-order valence-electron chi connectivity index (χ2n) is 6.41. The normalized spacial score (nSPS) is 11.4. The van der Waals surface area contributed by atoms with Crippen molar-refractivity contribution in [2.45, 2.75) is 12.4 Å². The van der Waals surface area contributed by atoms with Gasteiger partial charge in [-0.05, 0) is 36.4 Å². The quantitative estimate of drug-likeness (QED) is 0.436. The molecule has 0 radical (unpaired) electrons. The molecule has 1 heterocycles. The molecule has 0 unspecified atom stereocenters. The van der Waals surface area contributed by atoms with E-state index in [1.54, 1.807) is 0 Å². The van der Waals surface area contributed by atoms with Gasteiger partial charge in [-0.15, -0.1) is 0 Å². The maximum atomic E-state index is 13.3. The summed E-state index contributed by atoms with van der Waals surface area (Å²) in [6.07, 6.45) is -6.88. The van der Waals surface area contributed by atoms with Crippen molar-refractivity contribution in [2.24, 2.45) is 0 Å². The number of carbonyl (C=O) groups excluding carboxylic acids is 1. The van der Waals surface area contributed by atoms with Crippen LogP contribution in [0.1, 0.15) is 32.6 Å². The lowest BCUT2D eigenvalue weighted by Gasteiger charge is -2.12. The summed E-state index contributed by atoms with van der Waals surface area (Å²) in [5, 5.41) is 2.18. The van der Waals surface area contributed by atoms with E-state index in [1.807, 2.05) is 0 Å². The van der Waals surface area contributed by atoms with E-state index < -0.39 is 29.4 Å². The summed E-state index contributed by atoms with van der Waals surface area (Å²) in [6.45, 7) is 0. The number of anilines is 2. The molecule has 3 aromatic rings. The number of nitrogen functional groups attached to an aromatic ring is 1. The minimum atomic E-state index is -4.75. The van der Waals surface area contributed by atoms with Gasteiger partial charge in [0.25, 0.3) is 5.91 Å². The number of nitrogens with one attached hydrogen (secondary N) is 1. The van der Waals surface area contributed by atoms with Crippen LogP contribution in [0.25, 0.3) is 0 Å². The first kappa shape index (κ1) is 22.6. The number of nitrogens with zero attached hydrogens (tertiary/aromatic N) is 2. The van der Waals surface area contributed by atoms with Crippen LogP contribution in [0.2, 0.25) is 0 Å². The van der Waals surface area contributed by atoms with E-state index in [9.17, 15) is 31.1 Å². The fraction of sp³-hybridized carbons (Fsp3) is 0.0952. The maximum Gasteiger partial charge on any atom is 0.416 e. The molecule has 0 atom stereocenters. The highest BCUT2D eigenvalue weighted by Gasteiger charge is 2.32. The lowest BCUT2D eigenvalue weighted by molar-refractivity contribution is -0.138. The van der Waals surface area contributed by atoms with Crippen molar-refractivity contribution in [3.05, 3.63) is 82.7 Å². The Morgan fingerprint density at radius 1 is 0.844 bits per heavy atom. The fourth-order valence-electron chi connectivity index (χ4n) is 2.52. The summed E-state index contributed by atoms with van der Waals surface area (Å²) in [5.41, 5.74) is 2.71. The summed E-state index contributed by atoms with van der Waals surface area (Å²) in [6, 6.07) is 6.09. The summed E-state index contributed by atoms with van der Waals surface area (Å²) in [5.74, 6) is 4.05. The van der Waals surface area contributed by atoms with Crippen LogP contribution in [0.3, 0.4) is 0 Å². The van der Waals surface area contributed by atoms with Gasteiger partial charge in [0, 0.05) is 29.2 Å². The van der Waals surface area contributed by atoms with Crippen molar-refractivity contribution in [2.75, 3.05) is 11.1 Å². The monoisotopic (exact) mass is 450 g/mol. The predicted molar refractivity (Wildman–Crippen MR) is 103 cm³/mol. The first-order chi connectivity index (χ1) is 14.9. The van der Waals surface area contributed by atoms with Crippen LogP contribution in [0.4, 0.5) is 38.0 Å². The molecule has 164 valence electrons. The predicted octanol–water partition coefficient (Wildman–Crippen LogP) is 4.75. The van der Waals surface area contributed by atoms with Gasteiger partial charge in [-0.25, -0.2) is 9.97 Å². The highest BCUT2D eigenvalue weighted by molar-refractivity contribution is 6.04. The number of halogens is 6. The molecule has 0 fully saturated rings. The molecular weight excluding hydrogens is 438 g/mol. The van der Waals surface area contributed by atoms with Gasteiger partial charge in [0.2, 0.25) is 5.95 Å². The molecule has 0 saturated carbocycles. The van der Waals surface area contributed by atoms with Crippen molar-refractivity contribution >= 4 is 17.5 Å². The first-order valence-electron chi connectivity index (χ1n) is 8.72. The molecule has 11 heteroatoms. The topological polar surface area (TPSA) is 80.9 Å². The Hall–Kier alpha value is -4.07. The highest BCUT2D eigenvalue weighted by Crippen LogP contribution is 2.32. The SMILES string of the molecule is Nc1ncc(C#Cc2cc(NC(=O)c3cccc(C(F)(F)F)c3)cc(C(F)(F)F)c2)cn1. The molecule has 2 aromatic carbocycles. The summed E-state index contributed by atoms with van der Waals surface area (Å²) in [4.78, 5) is 19.8. The second kappa shape index (κ2) is 8.58. The van der Waals surface area contributed by atoms with Crippen LogP contribution >= 0.6 is 0 Å². The maximum absolute atomic E-state index is 13.3. The number of aromatic nitrogens is 2. The van der Waals surface area contributed by atoms with Crippen LogP contribution in [-0.4, -0.2) is 15.9 Å². The van der Waals surface area contributed by atoms with E-state index in [2.05, 4.69) is 27.1 Å². The van der Waals surface area contributed by atoms with Crippen LogP contribution in [0, 0.1) is 11.8 Å². The third kappa shape index (κ3) is 5.75. The van der Waals surface area contributed by atoms with Gasteiger partial charge in [0.1, 0.15) is 0 Å². The Morgan fingerprint density at radius 2 is 1.47 bits per heavy atom. The van der Waals surface area contributed by atoms with Crippen molar-refractivity contribution < 1.29 is 31.1 Å². The molecule has 3 rings (SSSR count). The number of rotatable bonds is 2. The first-order valence-corrected chi connectivity index (χ1v) is 8.72. The molecule has 32 heavy (non-hydrogen) atoms.